The molecule has 2 aliphatic heterocycles. The third-order valence-corrected chi connectivity index (χ3v) is 8.50. The Kier molecular flexibility index (Phi) is 5.87. The summed E-state index contributed by atoms with van der Waals surface area (Å²) in [4.78, 5) is 27.9. The van der Waals surface area contributed by atoms with E-state index in [4.69, 9.17) is 0 Å². The standard InChI is InChI=1S/C26H27N3O4S/c1-2-3-17-29-23-14-13-22(20-7-6-8-21(24(20)23)26(29)31)27-25(30)18-9-11-19(12-10-18)34(32,33)28-15-4-5-16-28/h6-14H,2-5,15-17H2,1H3,(H,27,30). The predicted molar refractivity (Wildman–Crippen MR) is 133 cm³/mol. The van der Waals surface area contributed by atoms with Gasteiger partial charge in [0.25, 0.3) is 11.8 Å². The Hall–Kier alpha value is -3.23. The van der Waals surface area contributed by atoms with Gasteiger partial charge in [-0.3, -0.25) is 9.59 Å². The number of nitrogens with one attached hydrogen (secondary N) is 1. The van der Waals surface area contributed by atoms with Gasteiger partial charge in [0.1, 0.15) is 0 Å². The lowest BCUT2D eigenvalue weighted by Crippen LogP contribution is -2.27. The van der Waals surface area contributed by atoms with Crippen LogP contribution in [0.15, 0.2) is 59.5 Å². The van der Waals surface area contributed by atoms with Gasteiger partial charge in [-0.15, -0.1) is 0 Å². The number of hydrogen-bond acceptors (Lipinski definition) is 4. The molecule has 0 radical (unpaired) electrons. The monoisotopic (exact) mass is 477 g/mol. The molecule has 7 nitrogen and oxygen atoms in total. The Morgan fingerprint density at radius 3 is 2.44 bits per heavy atom. The number of nitrogens with zero attached hydrogens (tertiary/aromatic N) is 2. The Morgan fingerprint density at radius 1 is 1.00 bits per heavy atom. The molecule has 0 bridgehead atoms. The molecule has 0 unspecified atom stereocenters. The van der Waals surface area contributed by atoms with Gasteiger partial charge < -0.3 is 10.2 Å². The van der Waals surface area contributed by atoms with Crippen LogP contribution < -0.4 is 10.2 Å². The highest BCUT2D eigenvalue weighted by Crippen LogP contribution is 2.40. The normalized spacial score (nSPS) is 15.9. The quantitative estimate of drug-likeness (QED) is 0.537. The maximum absolute atomic E-state index is 13.0. The molecule has 1 saturated heterocycles. The second kappa shape index (κ2) is 8.85. The largest absolute Gasteiger partial charge is 0.321 e. The van der Waals surface area contributed by atoms with E-state index in [9.17, 15) is 18.0 Å². The molecule has 0 spiro atoms. The molecule has 3 aromatic carbocycles. The summed E-state index contributed by atoms with van der Waals surface area (Å²) in [6.45, 7) is 3.83. The van der Waals surface area contributed by atoms with E-state index in [-0.39, 0.29) is 16.7 Å². The van der Waals surface area contributed by atoms with Crippen molar-refractivity contribution in [3.63, 3.8) is 0 Å². The molecule has 2 heterocycles. The molecule has 0 atom stereocenters. The number of carbonyl (C=O) groups excluding carboxylic acids is 2. The minimum atomic E-state index is -3.52. The maximum atomic E-state index is 13.0. The molecule has 0 saturated carbocycles. The summed E-state index contributed by atoms with van der Waals surface area (Å²) < 4.78 is 27.0. The van der Waals surface area contributed by atoms with Crippen LogP contribution in [0.4, 0.5) is 11.4 Å². The van der Waals surface area contributed by atoms with E-state index in [1.165, 1.54) is 28.6 Å². The van der Waals surface area contributed by atoms with Crippen molar-refractivity contribution >= 4 is 44.0 Å². The number of sulfonamides is 1. The van der Waals surface area contributed by atoms with Gasteiger partial charge in [-0.25, -0.2) is 8.42 Å². The van der Waals surface area contributed by atoms with Gasteiger partial charge in [0.05, 0.1) is 10.6 Å². The van der Waals surface area contributed by atoms with Crippen molar-refractivity contribution in [1.82, 2.24) is 4.31 Å². The predicted octanol–water partition coefficient (Wildman–Crippen LogP) is 4.64. The van der Waals surface area contributed by atoms with E-state index in [2.05, 4.69) is 12.2 Å². The highest BCUT2D eigenvalue weighted by atomic mass is 32.2. The fraction of sp³-hybridized carbons (Fsp3) is 0.308. The lowest BCUT2D eigenvalue weighted by atomic mass is 10.0. The molecule has 176 valence electrons. The van der Waals surface area contributed by atoms with Gasteiger partial charge >= 0.3 is 0 Å². The second-order valence-electron chi connectivity index (χ2n) is 8.76. The average molecular weight is 478 g/mol. The summed E-state index contributed by atoms with van der Waals surface area (Å²) >= 11 is 0. The number of hydrogen-bond donors (Lipinski definition) is 1. The minimum absolute atomic E-state index is 0.00710. The Bertz CT molecular complexity index is 1380. The van der Waals surface area contributed by atoms with Crippen LogP contribution in [0.3, 0.4) is 0 Å². The molecular weight excluding hydrogens is 450 g/mol. The van der Waals surface area contributed by atoms with Gasteiger partial charge in [-0.1, -0.05) is 25.5 Å². The van der Waals surface area contributed by atoms with Crippen molar-refractivity contribution in [2.75, 3.05) is 29.9 Å². The summed E-state index contributed by atoms with van der Waals surface area (Å²) in [6, 6.07) is 15.3. The molecule has 34 heavy (non-hydrogen) atoms. The zero-order valence-corrected chi connectivity index (χ0v) is 19.9. The fourth-order valence-corrected chi connectivity index (χ4v) is 6.26. The number of carbonyl (C=O) groups is 2. The highest BCUT2D eigenvalue weighted by Gasteiger charge is 2.30. The third-order valence-electron chi connectivity index (χ3n) is 6.59. The number of amides is 2. The number of rotatable bonds is 7. The van der Waals surface area contributed by atoms with Crippen molar-refractivity contribution in [3.05, 3.63) is 65.7 Å². The molecule has 0 aliphatic carbocycles. The second-order valence-corrected chi connectivity index (χ2v) is 10.7. The third kappa shape index (κ3) is 3.76. The zero-order valence-electron chi connectivity index (χ0n) is 19.1. The van der Waals surface area contributed by atoms with E-state index < -0.39 is 10.0 Å². The van der Waals surface area contributed by atoms with Gasteiger partial charge in [-0.2, -0.15) is 4.31 Å². The number of benzene rings is 3. The molecule has 5 rings (SSSR count). The molecule has 2 aliphatic rings. The lowest BCUT2D eigenvalue weighted by Gasteiger charge is -2.18. The SMILES string of the molecule is CCCCN1C(=O)c2cccc3c(NC(=O)c4ccc(S(=O)(=O)N5CCCC5)cc4)ccc1c23. The molecular formula is C26H27N3O4S. The van der Waals surface area contributed by atoms with E-state index in [0.717, 1.165) is 42.1 Å². The Balaban J connectivity index is 1.41. The van der Waals surface area contributed by atoms with Crippen molar-refractivity contribution in [2.24, 2.45) is 0 Å². The molecule has 3 aromatic rings. The molecule has 2 amide bonds. The zero-order chi connectivity index (χ0) is 23.9. The minimum Gasteiger partial charge on any atom is -0.321 e. The van der Waals surface area contributed by atoms with Crippen LogP contribution in [0.5, 0.6) is 0 Å². The lowest BCUT2D eigenvalue weighted by molar-refractivity contribution is 0.0991. The number of unbranched alkanes of at least 4 members (excludes halogenated alkanes) is 1. The van der Waals surface area contributed by atoms with Gasteiger partial charge in [0.2, 0.25) is 10.0 Å². The van der Waals surface area contributed by atoms with Crippen LogP contribution in [0, 0.1) is 0 Å². The first-order valence-corrected chi connectivity index (χ1v) is 13.1. The van der Waals surface area contributed by atoms with Crippen LogP contribution in [-0.2, 0) is 10.0 Å². The molecule has 8 heteroatoms. The Morgan fingerprint density at radius 2 is 1.74 bits per heavy atom. The molecule has 1 fully saturated rings. The maximum Gasteiger partial charge on any atom is 0.258 e. The van der Waals surface area contributed by atoms with Crippen LogP contribution in [-0.4, -0.2) is 44.2 Å². The first-order valence-electron chi connectivity index (χ1n) is 11.7. The summed E-state index contributed by atoms with van der Waals surface area (Å²) in [5, 5.41) is 4.61. The van der Waals surface area contributed by atoms with E-state index >= 15 is 0 Å². The van der Waals surface area contributed by atoms with Crippen LogP contribution in [0.1, 0.15) is 53.3 Å². The summed E-state index contributed by atoms with van der Waals surface area (Å²) in [6.07, 6.45) is 3.66. The summed E-state index contributed by atoms with van der Waals surface area (Å²) in [7, 11) is -3.52. The summed E-state index contributed by atoms with van der Waals surface area (Å²) in [5.74, 6) is -0.342. The van der Waals surface area contributed by atoms with Crippen LogP contribution in [0.2, 0.25) is 0 Å². The molecule has 0 aromatic heterocycles. The fourth-order valence-electron chi connectivity index (χ4n) is 4.74. The summed E-state index contributed by atoms with van der Waals surface area (Å²) in [5.41, 5.74) is 2.50. The van der Waals surface area contributed by atoms with Crippen LogP contribution >= 0.6 is 0 Å². The molecule has 1 N–H and O–H groups in total. The number of anilines is 2. The average Bonchev–Trinajstić information content (AvgIpc) is 3.49. The van der Waals surface area contributed by atoms with Gasteiger partial charge in [0.15, 0.2) is 0 Å². The first-order chi connectivity index (χ1) is 16.4. The smallest absolute Gasteiger partial charge is 0.258 e. The van der Waals surface area contributed by atoms with E-state index in [1.807, 2.05) is 35.2 Å². The van der Waals surface area contributed by atoms with Crippen molar-refractivity contribution < 1.29 is 18.0 Å². The van der Waals surface area contributed by atoms with E-state index in [1.54, 1.807) is 0 Å². The van der Waals surface area contributed by atoms with Crippen molar-refractivity contribution in [1.29, 1.82) is 0 Å². The topological polar surface area (TPSA) is 86.8 Å². The van der Waals surface area contributed by atoms with Gasteiger partial charge in [0, 0.05) is 47.2 Å². The van der Waals surface area contributed by atoms with Crippen molar-refractivity contribution in [3.8, 4) is 0 Å². The van der Waals surface area contributed by atoms with E-state index in [0.29, 0.717) is 36.4 Å². The highest BCUT2D eigenvalue weighted by molar-refractivity contribution is 7.89. The van der Waals surface area contributed by atoms with Gasteiger partial charge in [-0.05, 0) is 61.7 Å². The van der Waals surface area contributed by atoms with Crippen molar-refractivity contribution in [2.45, 2.75) is 37.5 Å². The first kappa shape index (κ1) is 22.6. The van der Waals surface area contributed by atoms with Crippen LogP contribution in [0.25, 0.3) is 10.8 Å². The Labute approximate surface area is 199 Å².